The number of ether oxygens (including phenoxy) is 1. The number of carboxylic acids is 1. The molecule has 29 heavy (non-hydrogen) atoms. The van der Waals surface area contributed by atoms with Crippen molar-refractivity contribution in [2.75, 3.05) is 6.61 Å². The van der Waals surface area contributed by atoms with Gasteiger partial charge in [-0.05, 0) is 36.8 Å². The standard InChI is InChI=1S/C24H28O5/c1-2-3-4-5-6-7-8-9-14-28-18-11-12-19-22(16-18)29-21-13-10-17(24(26)27)15-20(21)23(19)25/h10-13,15-16H,2-9,14H2,1H3,(H,26,27). The molecule has 0 spiro atoms. The topological polar surface area (TPSA) is 76.7 Å². The lowest BCUT2D eigenvalue weighted by Gasteiger charge is -2.08. The highest BCUT2D eigenvalue weighted by molar-refractivity contribution is 5.96. The average Bonchev–Trinajstić information content (AvgIpc) is 2.72. The summed E-state index contributed by atoms with van der Waals surface area (Å²) in [6, 6.07) is 9.48. The van der Waals surface area contributed by atoms with Gasteiger partial charge < -0.3 is 14.3 Å². The Hall–Kier alpha value is -2.82. The fourth-order valence-corrected chi connectivity index (χ4v) is 3.48. The van der Waals surface area contributed by atoms with Crippen LogP contribution >= 0.6 is 0 Å². The highest BCUT2D eigenvalue weighted by Crippen LogP contribution is 2.24. The van der Waals surface area contributed by atoms with Gasteiger partial charge in [0.1, 0.15) is 16.9 Å². The smallest absolute Gasteiger partial charge is 0.335 e. The molecule has 0 amide bonds. The Labute approximate surface area is 170 Å². The van der Waals surface area contributed by atoms with Gasteiger partial charge in [0, 0.05) is 6.07 Å². The van der Waals surface area contributed by atoms with Gasteiger partial charge in [-0.2, -0.15) is 0 Å². The molecular formula is C24H28O5. The Morgan fingerprint density at radius 3 is 2.34 bits per heavy atom. The van der Waals surface area contributed by atoms with Gasteiger partial charge in [-0.3, -0.25) is 4.79 Å². The maximum atomic E-state index is 12.7. The molecule has 1 aromatic heterocycles. The summed E-state index contributed by atoms with van der Waals surface area (Å²) in [4.78, 5) is 23.8. The zero-order valence-corrected chi connectivity index (χ0v) is 16.9. The first kappa shape index (κ1) is 20.9. The summed E-state index contributed by atoms with van der Waals surface area (Å²) < 4.78 is 11.6. The summed E-state index contributed by atoms with van der Waals surface area (Å²) in [7, 11) is 0. The van der Waals surface area contributed by atoms with Gasteiger partial charge in [-0.25, -0.2) is 4.79 Å². The van der Waals surface area contributed by atoms with Crippen LogP contribution in [0, 0.1) is 0 Å². The summed E-state index contributed by atoms with van der Waals surface area (Å²) >= 11 is 0. The molecule has 1 N–H and O–H groups in total. The Balaban J connectivity index is 1.61. The zero-order chi connectivity index (χ0) is 20.6. The van der Waals surface area contributed by atoms with Crippen LogP contribution in [0.1, 0.15) is 68.6 Å². The number of benzene rings is 2. The molecule has 0 unspecified atom stereocenters. The fraction of sp³-hybridized carbons (Fsp3) is 0.417. The molecule has 0 aliphatic carbocycles. The van der Waals surface area contributed by atoms with E-state index in [9.17, 15) is 9.59 Å². The van der Waals surface area contributed by atoms with Gasteiger partial charge in [0.2, 0.25) is 5.43 Å². The molecule has 3 rings (SSSR count). The van der Waals surface area contributed by atoms with E-state index in [4.69, 9.17) is 14.3 Å². The molecule has 0 saturated carbocycles. The number of hydrogen-bond donors (Lipinski definition) is 1. The summed E-state index contributed by atoms with van der Waals surface area (Å²) in [6.07, 6.45) is 9.95. The van der Waals surface area contributed by atoms with Crippen molar-refractivity contribution < 1.29 is 19.1 Å². The summed E-state index contributed by atoms with van der Waals surface area (Å²) in [5.41, 5.74) is 0.639. The number of carboxylic acid groups (broad SMARTS) is 1. The van der Waals surface area contributed by atoms with Crippen LogP contribution in [0.3, 0.4) is 0 Å². The van der Waals surface area contributed by atoms with E-state index in [1.54, 1.807) is 18.2 Å². The monoisotopic (exact) mass is 396 g/mol. The fourth-order valence-electron chi connectivity index (χ4n) is 3.48. The van der Waals surface area contributed by atoms with E-state index in [1.165, 1.54) is 56.7 Å². The number of unbranched alkanes of at least 4 members (excludes halogenated alkanes) is 7. The second-order valence-electron chi connectivity index (χ2n) is 7.43. The number of aromatic carboxylic acids is 1. The Kier molecular flexibility index (Phi) is 7.28. The molecule has 0 atom stereocenters. The zero-order valence-electron chi connectivity index (χ0n) is 16.9. The van der Waals surface area contributed by atoms with Crippen molar-refractivity contribution in [2.45, 2.75) is 58.3 Å². The van der Waals surface area contributed by atoms with E-state index in [0.717, 1.165) is 12.8 Å². The Morgan fingerprint density at radius 2 is 1.62 bits per heavy atom. The van der Waals surface area contributed by atoms with E-state index < -0.39 is 5.97 Å². The summed E-state index contributed by atoms with van der Waals surface area (Å²) in [5.74, 6) is -0.402. The number of fused-ring (bicyclic) bond motifs is 2. The van der Waals surface area contributed by atoms with Gasteiger partial charge in [-0.1, -0.05) is 51.9 Å². The largest absolute Gasteiger partial charge is 0.493 e. The first-order chi connectivity index (χ1) is 14.1. The predicted octanol–water partition coefficient (Wildman–Crippen LogP) is 6.16. The average molecular weight is 396 g/mol. The molecule has 0 radical (unpaired) electrons. The van der Waals surface area contributed by atoms with Crippen LogP contribution in [-0.4, -0.2) is 17.7 Å². The maximum absolute atomic E-state index is 12.7. The van der Waals surface area contributed by atoms with Gasteiger partial charge in [0.05, 0.1) is 22.9 Å². The molecule has 2 aromatic carbocycles. The lowest BCUT2D eigenvalue weighted by molar-refractivity contribution is 0.0697. The molecule has 154 valence electrons. The van der Waals surface area contributed by atoms with E-state index in [0.29, 0.717) is 28.9 Å². The summed E-state index contributed by atoms with van der Waals surface area (Å²) in [5, 5.41) is 9.81. The molecule has 1 heterocycles. The van der Waals surface area contributed by atoms with Crippen LogP contribution in [0.5, 0.6) is 5.75 Å². The van der Waals surface area contributed by atoms with Gasteiger partial charge in [0.25, 0.3) is 0 Å². The molecule has 0 saturated heterocycles. The van der Waals surface area contributed by atoms with E-state index in [-0.39, 0.29) is 16.4 Å². The van der Waals surface area contributed by atoms with Crippen molar-refractivity contribution in [3.63, 3.8) is 0 Å². The molecule has 3 aromatic rings. The van der Waals surface area contributed by atoms with Gasteiger partial charge >= 0.3 is 5.97 Å². The minimum atomic E-state index is -1.07. The first-order valence-corrected chi connectivity index (χ1v) is 10.5. The number of hydrogen-bond acceptors (Lipinski definition) is 4. The minimum absolute atomic E-state index is 0.0643. The first-order valence-electron chi connectivity index (χ1n) is 10.5. The third-order valence-corrected chi connectivity index (χ3v) is 5.16. The maximum Gasteiger partial charge on any atom is 0.335 e. The Morgan fingerprint density at radius 1 is 0.897 bits per heavy atom. The molecule has 0 fully saturated rings. The van der Waals surface area contributed by atoms with E-state index in [2.05, 4.69) is 6.92 Å². The van der Waals surface area contributed by atoms with Crippen molar-refractivity contribution >= 4 is 27.9 Å². The van der Waals surface area contributed by atoms with Crippen LogP contribution in [0.4, 0.5) is 0 Å². The molecule has 0 aliphatic rings. The summed E-state index contributed by atoms with van der Waals surface area (Å²) in [6.45, 7) is 2.87. The molecule has 5 nitrogen and oxygen atoms in total. The van der Waals surface area contributed by atoms with Gasteiger partial charge in [-0.15, -0.1) is 0 Å². The van der Waals surface area contributed by atoms with Crippen LogP contribution in [-0.2, 0) is 0 Å². The SMILES string of the molecule is CCCCCCCCCCOc1ccc2c(=O)c3cc(C(=O)O)ccc3oc2c1. The van der Waals surface area contributed by atoms with Crippen molar-refractivity contribution in [1.29, 1.82) is 0 Å². The quantitative estimate of drug-likeness (QED) is 0.310. The third-order valence-electron chi connectivity index (χ3n) is 5.16. The molecule has 0 bridgehead atoms. The van der Waals surface area contributed by atoms with Gasteiger partial charge in [0.15, 0.2) is 0 Å². The Bertz CT molecular complexity index is 1030. The number of carbonyl (C=O) groups is 1. The van der Waals surface area contributed by atoms with Crippen LogP contribution in [0.25, 0.3) is 21.9 Å². The molecular weight excluding hydrogens is 368 g/mol. The lowest BCUT2D eigenvalue weighted by atomic mass is 10.1. The highest BCUT2D eigenvalue weighted by atomic mass is 16.5. The van der Waals surface area contributed by atoms with Crippen molar-refractivity contribution in [3.8, 4) is 5.75 Å². The van der Waals surface area contributed by atoms with E-state index >= 15 is 0 Å². The minimum Gasteiger partial charge on any atom is -0.493 e. The predicted molar refractivity (Wildman–Crippen MR) is 115 cm³/mol. The lowest BCUT2D eigenvalue weighted by Crippen LogP contribution is -2.05. The van der Waals surface area contributed by atoms with Crippen molar-refractivity contribution in [3.05, 3.63) is 52.2 Å². The molecule has 5 heteroatoms. The van der Waals surface area contributed by atoms with Crippen molar-refractivity contribution in [2.24, 2.45) is 0 Å². The van der Waals surface area contributed by atoms with Crippen LogP contribution in [0.2, 0.25) is 0 Å². The van der Waals surface area contributed by atoms with Crippen LogP contribution in [0.15, 0.2) is 45.6 Å². The second kappa shape index (κ2) is 10.1. The normalized spacial score (nSPS) is 11.2. The third kappa shape index (κ3) is 5.37. The van der Waals surface area contributed by atoms with E-state index in [1.807, 2.05) is 0 Å². The highest BCUT2D eigenvalue weighted by Gasteiger charge is 2.11. The number of rotatable bonds is 11. The second-order valence-corrected chi connectivity index (χ2v) is 7.43. The van der Waals surface area contributed by atoms with Crippen LogP contribution < -0.4 is 10.2 Å². The van der Waals surface area contributed by atoms with Crippen molar-refractivity contribution in [1.82, 2.24) is 0 Å². The molecule has 0 aliphatic heterocycles.